The Kier molecular flexibility index (Phi) is 6.93. The second-order valence-electron chi connectivity index (χ2n) is 6.24. The number of amides is 1. The van der Waals surface area contributed by atoms with Crippen LogP contribution in [0.3, 0.4) is 0 Å². The van der Waals surface area contributed by atoms with Crippen molar-refractivity contribution in [3.05, 3.63) is 82.9 Å². The lowest BCUT2D eigenvalue weighted by Gasteiger charge is -2.14. The second kappa shape index (κ2) is 9.80. The molecule has 7 heteroatoms. The number of ether oxygens (including phenoxy) is 3. The van der Waals surface area contributed by atoms with Crippen molar-refractivity contribution in [1.29, 1.82) is 0 Å². The molecule has 0 heterocycles. The Bertz CT molecular complexity index is 1050. The van der Waals surface area contributed by atoms with E-state index in [1.165, 1.54) is 14.2 Å². The van der Waals surface area contributed by atoms with Crippen LogP contribution in [0.4, 0.5) is 5.69 Å². The SMILES string of the molecule is COc1ccc(C(=O)c2ccccc2)c(OCC(=O)Nc2cc(Cl)ccc2OC)c1. The standard InChI is InChI=1S/C23H20ClNO5/c1-28-17-9-10-18(23(27)15-6-4-3-5-7-15)21(13-17)30-14-22(26)25-19-12-16(24)8-11-20(19)29-2/h3-13H,14H2,1-2H3,(H,25,26). The number of ketones is 1. The van der Waals surface area contributed by atoms with Gasteiger partial charge in [-0.15, -0.1) is 0 Å². The maximum Gasteiger partial charge on any atom is 0.262 e. The van der Waals surface area contributed by atoms with Crippen LogP contribution in [0, 0.1) is 0 Å². The van der Waals surface area contributed by atoms with Crippen molar-refractivity contribution in [2.24, 2.45) is 0 Å². The predicted octanol–water partition coefficient (Wildman–Crippen LogP) is 4.61. The van der Waals surface area contributed by atoms with Crippen LogP contribution >= 0.6 is 11.6 Å². The minimum Gasteiger partial charge on any atom is -0.497 e. The van der Waals surface area contributed by atoms with Gasteiger partial charge in [0.15, 0.2) is 12.4 Å². The van der Waals surface area contributed by atoms with E-state index in [0.29, 0.717) is 33.3 Å². The topological polar surface area (TPSA) is 73.9 Å². The van der Waals surface area contributed by atoms with Crippen LogP contribution in [0.2, 0.25) is 5.02 Å². The van der Waals surface area contributed by atoms with E-state index in [4.69, 9.17) is 25.8 Å². The predicted molar refractivity (Wildman–Crippen MR) is 115 cm³/mol. The molecule has 3 aromatic rings. The fourth-order valence-electron chi connectivity index (χ4n) is 2.79. The summed E-state index contributed by atoms with van der Waals surface area (Å²) >= 11 is 5.99. The van der Waals surface area contributed by atoms with Crippen molar-refractivity contribution in [1.82, 2.24) is 0 Å². The molecular weight excluding hydrogens is 406 g/mol. The molecule has 0 aliphatic carbocycles. The molecule has 30 heavy (non-hydrogen) atoms. The second-order valence-corrected chi connectivity index (χ2v) is 6.68. The van der Waals surface area contributed by atoms with Crippen molar-refractivity contribution in [3.8, 4) is 17.2 Å². The summed E-state index contributed by atoms with van der Waals surface area (Å²) in [5.41, 5.74) is 1.26. The van der Waals surface area contributed by atoms with Crippen LogP contribution in [0.5, 0.6) is 17.2 Å². The first kappa shape index (κ1) is 21.2. The monoisotopic (exact) mass is 425 g/mol. The number of hydrogen-bond acceptors (Lipinski definition) is 5. The van der Waals surface area contributed by atoms with E-state index in [1.54, 1.807) is 60.7 Å². The number of carbonyl (C=O) groups is 2. The smallest absolute Gasteiger partial charge is 0.262 e. The summed E-state index contributed by atoms with van der Waals surface area (Å²) in [6, 6.07) is 18.6. The van der Waals surface area contributed by atoms with E-state index in [-0.39, 0.29) is 18.1 Å². The van der Waals surface area contributed by atoms with Crippen molar-refractivity contribution in [2.75, 3.05) is 26.1 Å². The van der Waals surface area contributed by atoms with E-state index in [0.717, 1.165) is 0 Å². The minimum absolute atomic E-state index is 0.217. The Hall–Kier alpha value is -3.51. The number of anilines is 1. The Morgan fingerprint density at radius 1 is 0.900 bits per heavy atom. The molecule has 1 N–H and O–H groups in total. The van der Waals surface area contributed by atoms with E-state index >= 15 is 0 Å². The number of hydrogen-bond donors (Lipinski definition) is 1. The molecule has 154 valence electrons. The van der Waals surface area contributed by atoms with Crippen LogP contribution in [0.25, 0.3) is 0 Å². The molecule has 6 nitrogen and oxygen atoms in total. The van der Waals surface area contributed by atoms with Gasteiger partial charge in [0.05, 0.1) is 25.5 Å². The van der Waals surface area contributed by atoms with Gasteiger partial charge in [0.25, 0.3) is 5.91 Å². The first-order valence-electron chi connectivity index (χ1n) is 9.06. The largest absolute Gasteiger partial charge is 0.497 e. The third-order valence-electron chi connectivity index (χ3n) is 4.26. The third kappa shape index (κ3) is 5.10. The van der Waals surface area contributed by atoms with Gasteiger partial charge in [-0.2, -0.15) is 0 Å². The lowest BCUT2D eigenvalue weighted by Crippen LogP contribution is -2.21. The maximum absolute atomic E-state index is 12.9. The lowest BCUT2D eigenvalue weighted by atomic mass is 10.0. The van der Waals surface area contributed by atoms with E-state index < -0.39 is 5.91 Å². The molecule has 0 atom stereocenters. The third-order valence-corrected chi connectivity index (χ3v) is 4.50. The number of carbonyl (C=O) groups excluding carboxylic acids is 2. The first-order chi connectivity index (χ1) is 14.5. The summed E-state index contributed by atoms with van der Waals surface area (Å²) in [5, 5.41) is 3.15. The summed E-state index contributed by atoms with van der Waals surface area (Å²) in [6.45, 7) is -0.322. The highest BCUT2D eigenvalue weighted by atomic mass is 35.5. The highest BCUT2D eigenvalue weighted by molar-refractivity contribution is 6.31. The molecular formula is C23H20ClNO5. The van der Waals surface area contributed by atoms with Gasteiger partial charge in [0, 0.05) is 16.7 Å². The zero-order valence-electron chi connectivity index (χ0n) is 16.5. The highest BCUT2D eigenvalue weighted by Gasteiger charge is 2.17. The molecule has 0 aliphatic heterocycles. The fraction of sp³-hybridized carbons (Fsp3) is 0.130. The van der Waals surface area contributed by atoms with Gasteiger partial charge >= 0.3 is 0 Å². The first-order valence-corrected chi connectivity index (χ1v) is 9.43. The van der Waals surface area contributed by atoms with Crippen molar-refractivity contribution < 1.29 is 23.8 Å². The molecule has 1 amide bonds. The average Bonchev–Trinajstić information content (AvgIpc) is 2.77. The number of rotatable bonds is 8. The van der Waals surface area contributed by atoms with Gasteiger partial charge in [0.1, 0.15) is 17.2 Å². The normalized spacial score (nSPS) is 10.2. The minimum atomic E-state index is -0.434. The molecule has 3 rings (SSSR count). The summed E-state index contributed by atoms with van der Waals surface area (Å²) < 4.78 is 16.1. The summed E-state index contributed by atoms with van der Waals surface area (Å²) in [6.07, 6.45) is 0. The van der Waals surface area contributed by atoms with Gasteiger partial charge in [0.2, 0.25) is 0 Å². The summed E-state index contributed by atoms with van der Waals surface area (Å²) in [4.78, 5) is 25.3. The zero-order chi connectivity index (χ0) is 21.5. The fourth-order valence-corrected chi connectivity index (χ4v) is 2.96. The van der Waals surface area contributed by atoms with E-state index in [2.05, 4.69) is 5.32 Å². The Morgan fingerprint density at radius 2 is 1.67 bits per heavy atom. The van der Waals surface area contributed by atoms with Crippen molar-refractivity contribution in [3.63, 3.8) is 0 Å². The molecule has 0 saturated heterocycles. The summed E-state index contributed by atoms with van der Waals surface area (Å²) in [5.74, 6) is 0.568. The molecule has 0 fully saturated rings. The van der Waals surface area contributed by atoms with Gasteiger partial charge in [-0.3, -0.25) is 9.59 Å². The average molecular weight is 426 g/mol. The maximum atomic E-state index is 12.9. The zero-order valence-corrected chi connectivity index (χ0v) is 17.2. The van der Waals surface area contributed by atoms with Gasteiger partial charge in [-0.1, -0.05) is 41.9 Å². The van der Waals surface area contributed by atoms with Crippen LogP contribution in [0.15, 0.2) is 66.7 Å². The van der Waals surface area contributed by atoms with Crippen LogP contribution < -0.4 is 19.5 Å². The lowest BCUT2D eigenvalue weighted by molar-refractivity contribution is -0.118. The van der Waals surface area contributed by atoms with E-state index in [1.807, 2.05) is 6.07 Å². The van der Waals surface area contributed by atoms with Crippen LogP contribution in [-0.4, -0.2) is 32.5 Å². The molecule has 3 aromatic carbocycles. The number of benzene rings is 3. The molecule has 0 aromatic heterocycles. The number of halogens is 1. The van der Waals surface area contributed by atoms with Crippen LogP contribution in [0.1, 0.15) is 15.9 Å². The Morgan fingerprint density at radius 3 is 2.37 bits per heavy atom. The molecule has 0 saturated carbocycles. The van der Waals surface area contributed by atoms with Gasteiger partial charge < -0.3 is 19.5 Å². The quantitative estimate of drug-likeness (QED) is 0.534. The van der Waals surface area contributed by atoms with Crippen LogP contribution in [-0.2, 0) is 4.79 Å². The Labute approximate surface area is 179 Å². The van der Waals surface area contributed by atoms with Crippen molar-refractivity contribution in [2.45, 2.75) is 0 Å². The highest BCUT2D eigenvalue weighted by Crippen LogP contribution is 2.29. The number of methoxy groups -OCH3 is 2. The van der Waals surface area contributed by atoms with Gasteiger partial charge in [-0.25, -0.2) is 0 Å². The Balaban J connectivity index is 1.78. The van der Waals surface area contributed by atoms with Crippen molar-refractivity contribution >= 4 is 29.0 Å². The number of nitrogens with one attached hydrogen (secondary N) is 1. The molecule has 0 aliphatic rings. The van der Waals surface area contributed by atoms with E-state index in [9.17, 15) is 9.59 Å². The molecule has 0 unspecified atom stereocenters. The summed E-state index contributed by atoms with van der Waals surface area (Å²) in [7, 11) is 3.00. The molecule has 0 radical (unpaired) electrons. The molecule has 0 bridgehead atoms. The molecule has 0 spiro atoms. The van der Waals surface area contributed by atoms with Gasteiger partial charge in [-0.05, 0) is 30.3 Å².